The number of aryl methyl sites for hydroxylation is 1. The molecule has 1 unspecified atom stereocenters. The largest absolute Gasteiger partial charge is 0.482 e. The van der Waals surface area contributed by atoms with E-state index in [2.05, 4.69) is 21.2 Å². The quantitative estimate of drug-likeness (QED) is 0.628. The van der Waals surface area contributed by atoms with Gasteiger partial charge in [0.2, 0.25) is 5.91 Å². The fourth-order valence-corrected chi connectivity index (χ4v) is 3.60. The average Bonchev–Trinajstić information content (AvgIpc) is 2.68. The molecule has 0 spiro atoms. The van der Waals surface area contributed by atoms with Gasteiger partial charge in [0.05, 0.1) is 5.02 Å². The minimum absolute atomic E-state index is 0.203. The topological polar surface area (TPSA) is 58.6 Å². The molecule has 0 aliphatic carbocycles. The summed E-state index contributed by atoms with van der Waals surface area (Å²) in [6.07, 6.45) is 0.496. The van der Waals surface area contributed by atoms with E-state index in [0.29, 0.717) is 23.7 Å². The predicted molar refractivity (Wildman–Crippen MR) is 115 cm³/mol. The van der Waals surface area contributed by atoms with Crippen molar-refractivity contribution >= 4 is 39.3 Å². The Hall–Kier alpha value is -2.05. The zero-order valence-corrected chi connectivity index (χ0v) is 18.5. The molecule has 0 aromatic heterocycles. The Morgan fingerprint density at radius 1 is 1.25 bits per heavy atom. The molecule has 1 atom stereocenters. The first-order valence-electron chi connectivity index (χ1n) is 9.00. The molecular weight excluding hydrogens is 444 g/mol. The highest BCUT2D eigenvalue weighted by Gasteiger charge is 2.28. The molecule has 2 aromatic rings. The lowest BCUT2D eigenvalue weighted by Gasteiger charge is -2.30. The standard InChI is InChI=1S/C21H24BrClN2O3/c1-4-18(21(27)24-3)25(12-15-8-6-5-7-14(15)2)20(26)13-28-19-10-9-16(22)11-17(19)23/h5-11,18H,4,12-13H2,1-3H3,(H,24,27). The summed E-state index contributed by atoms with van der Waals surface area (Å²) in [6, 6.07) is 12.4. The van der Waals surface area contributed by atoms with Gasteiger partial charge in [-0.25, -0.2) is 0 Å². The summed E-state index contributed by atoms with van der Waals surface area (Å²) in [5.41, 5.74) is 2.05. The van der Waals surface area contributed by atoms with Crippen LogP contribution in [0.4, 0.5) is 0 Å². The van der Waals surface area contributed by atoms with E-state index in [1.807, 2.05) is 38.1 Å². The van der Waals surface area contributed by atoms with Crippen molar-refractivity contribution in [3.05, 3.63) is 63.1 Å². The lowest BCUT2D eigenvalue weighted by atomic mass is 10.1. The molecule has 0 bridgehead atoms. The Kier molecular flexibility index (Phi) is 8.33. The first kappa shape index (κ1) is 22.2. The number of nitrogens with zero attached hydrogens (tertiary/aromatic N) is 1. The van der Waals surface area contributed by atoms with E-state index < -0.39 is 6.04 Å². The summed E-state index contributed by atoms with van der Waals surface area (Å²) in [4.78, 5) is 26.9. The van der Waals surface area contributed by atoms with Gasteiger partial charge in [0.1, 0.15) is 11.8 Å². The van der Waals surface area contributed by atoms with Crippen LogP contribution >= 0.6 is 27.5 Å². The Morgan fingerprint density at radius 2 is 1.96 bits per heavy atom. The van der Waals surface area contributed by atoms with E-state index in [1.54, 1.807) is 30.1 Å². The van der Waals surface area contributed by atoms with E-state index in [-0.39, 0.29) is 18.4 Å². The summed E-state index contributed by atoms with van der Waals surface area (Å²) in [6.45, 7) is 3.98. The lowest BCUT2D eigenvalue weighted by Crippen LogP contribution is -2.49. The monoisotopic (exact) mass is 466 g/mol. The molecule has 0 aliphatic rings. The van der Waals surface area contributed by atoms with Gasteiger partial charge in [0.15, 0.2) is 6.61 Å². The average molecular weight is 468 g/mol. The lowest BCUT2D eigenvalue weighted by molar-refractivity contribution is -0.142. The van der Waals surface area contributed by atoms with Crippen LogP contribution in [0.5, 0.6) is 5.75 Å². The SMILES string of the molecule is CCC(C(=O)NC)N(Cc1ccccc1C)C(=O)COc1ccc(Br)cc1Cl. The predicted octanol–water partition coefficient (Wildman–Crippen LogP) is 4.34. The second kappa shape index (κ2) is 10.5. The summed E-state index contributed by atoms with van der Waals surface area (Å²) in [5, 5.41) is 3.05. The van der Waals surface area contributed by atoms with Gasteiger partial charge >= 0.3 is 0 Å². The molecule has 1 N–H and O–H groups in total. The molecule has 2 amide bonds. The number of rotatable bonds is 8. The van der Waals surface area contributed by atoms with Gasteiger partial charge in [0, 0.05) is 18.1 Å². The van der Waals surface area contributed by atoms with Crippen LogP contribution in [0.25, 0.3) is 0 Å². The fourth-order valence-electron chi connectivity index (χ4n) is 2.87. The third-order valence-electron chi connectivity index (χ3n) is 4.48. The van der Waals surface area contributed by atoms with Crippen molar-refractivity contribution in [2.75, 3.05) is 13.7 Å². The van der Waals surface area contributed by atoms with E-state index in [0.717, 1.165) is 15.6 Å². The van der Waals surface area contributed by atoms with Crippen LogP contribution in [0.1, 0.15) is 24.5 Å². The Morgan fingerprint density at radius 3 is 2.57 bits per heavy atom. The molecular formula is C21H24BrClN2O3. The number of hydrogen-bond donors (Lipinski definition) is 1. The van der Waals surface area contributed by atoms with Crippen LogP contribution in [-0.2, 0) is 16.1 Å². The molecule has 5 nitrogen and oxygen atoms in total. The summed E-state index contributed by atoms with van der Waals surface area (Å²) in [7, 11) is 1.57. The van der Waals surface area contributed by atoms with Gasteiger partial charge in [0.25, 0.3) is 5.91 Å². The third kappa shape index (κ3) is 5.72. The van der Waals surface area contributed by atoms with E-state index in [9.17, 15) is 9.59 Å². The van der Waals surface area contributed by atoms with Gasteiger partial charge in [-0.05, 0) is 42.7 Å². The van der Waals surface area contributed by atoms with Crippen LogP contribution in [-0.4, -0.2) is 36.4 Å². The number of ether oxygens (including phenoxy) is 1. The van der Waals surface area contributed by atoms with Crippen LogP contribution in [0.3, 0.4) is 0 Å². The first-order valence-corrected chi connectivity index (χ1v) is 10.2. The fraction of sp³-hybridized carbons (Fsp3) is 0.333. The van der Waals surface area contributed by atoms with Crippen LogP contribution in [0, 0.1) is 6.92 Å². The number of amides is 2. The highest BCUT2D eigenvalue weighted by atomic mass is 79.9. The molecule has 28 heavy (non-hydrogen) atoms. The summed E-state index contributed by atoms with van der Waals surface area (Å²) >= 11 is 9.50. The highest BCUT2D eigenvalue weighted by molar-refractivity contribution is 9.10. The smallest absolute Gasteiger partial charge is 0.261 e. The van der Waals surface area contributed by atoms with Crippen molar-refractivity contribution in [3.63, 3.8) is 0 Å². The molecule has 7 heteroatoms. The zero-order chi connectivity index (χ0) is 20.7. The van der Waals surface area contributed by atoms with E-state index in [4.69, 9.17) is 16.3 Å². The van der Waals surface area contributed by atoms with E-state index in [1.165, 1.54) is 0 Å². The molecule has 0 saturated carbocycles. The first-order chi connectivity index (χ1) is 13.4. The van der Waals surface area contributed by atoms with Crippen molar-refractivity contribution in [3.8, 4) is 5.75 Å². The van der Waals surface area contributed by atoms with Gasteiger partial charge in [-0.3, -0.25) is 9.59 Å². The normalized spacial score (nSPS) is 11.6. The third-order valence-corrected chi connectivity index (χ3v) is 5.27. The Bertz CT molecular complexity index is 844. The van der Waals surface area contributed by atoms with Crippen molar-refractivity contribution in [1.82, 2.24) is 10.2 Å². The molecule has 0 radical (unpaired) electrons. The highest BCUT2D eigenvalue weighted by Crippen LogP contribution is 2.28. The minimum atomic E-state index is -0.582. The van der Waals surface area contributed by atoms with Crippen molar-refractivity contribution in [1.29, 1.82) is 0 Å². The molecule has 0 heterocycles. The second-order valence-electron chi connectivity index (χ2n) is 6.35. The van der Waals surface area contributed by atoms with Gasteiger partial charge < -0.3 is 15.0 Å². The molecule has 150 valence electrons. The summed E-state index contributed by atoms with van der Waals surface area (Å²) in [5.74, 6) is -0.0640. The van der Waals surface area contributed by atoms with Crippen molar-refractivity contribution in [2.24, 2.45) is 0 Å². The van der Waals surface area contributed by atoms with Crippen LogP contribution in [0.15, 0.2) is 46.9 Å². The minimum Gasteiger partial charge on any atom is -0.482 e. The molecule has 2 rings (SSSR count). The van der Waals surface area contributed by atoms with Gasteiger partial charge in [-0.15, -0.1) is 0 Å². The van der Waals surface area contributed by atoms with Crippen LogP contribution < -0.4 is 10.1 Å². The number of halogens is 2. The number of carbonyl (C=O) groups is 2. The molecule has 0 aliphatic heterocycles. The number of likely N-dealkylation sites (N-methyl/N-ethyl adjacent to an activating group) is 1. The van der Waals surface area contributed by atoms with Crippen LogP contribution in [0.2, 0.25) is 5.02 Å². The maximum absolute atomic E-state index is 13.0. The Balaban J connectivity index is 2.22. The second-order valence-corrected chi connectivity index (χ2v) is 7.67. The zero-order valence-electron chi connectivity index (χ0n) is 16.2. The maximum Gasteiger partial charge on any atom is 0.261 e. The number of nitrogens with one attached hydrogen (secondary N) is 1. The van der Waals surface area contributed by atoms with E-state index >= 15 is 0 Å². The maximum atomic E-state index is 13.0. The van der Waals surface area contributed by atoms with Gasteiger partial charge in [-0.1, -0.05) is 58.7 Å². The summed E-state index contributed by atoms with van der Waals surface area (Å²) < 4.78 is 6.46. The number of benzene rings is 2. The Labute approximate surface area is 179 Å². The molecule has 0 saturated heterocycles. The van der Waals surface area contributed by atoms with Crippen molar-refractivity contribution < 1.29 is 14.3 Å². The molecule has 0 fully saturated rings. The number of carbonyl (C=O) groups excluding carboxylic acids is 2. The number of hydrogen-bond acceptors (Lipinski definition) is 3. The molecule has 2 aromatic carbocycles. The van der Waals surface area contributed by atoms with Crippen molar-refractivity contribution in [2.45, 2.75) is 32.9 Å². The van der Waals surface area contributed by atoms with Gasteiger partial charge in [-0.2, -0.15) is 0 Å².